The van der Waals surface area contributed by atoms with Crippen LogP contribution < -0.4 is 4.74 Å². The molecule has 0 radical (unpaired) electrons. The summed E-state index contributed by atoms with van der Waals surface area (Å²) in [4.78, 5) is 11.1. The van der Waals surface area contributed by atoms with Gasteiger partial charge in [-0.3, -0.25) is 0 Å². The van der Waals surface area contributed by atoms with Crippen LogP contribution in [0.1, 0.15) is 6.92 Å². The van der Waals surface area contributed by atoms with Crippen molar-refractivity contribution >= 4 is 21.9 Å². The predicted molar refractivity (Wildman–Crippen MR) is 58.4 cm³/mol. The number of cyclic esters (lactones) is 1. The summed E-state index contributed by atoms with van der Waals surface area (Å²) >= 11 is 3.20. The van der Waals surface area contributed by atoms with Gasteiger partial charge >= 0.3 is 5.97 Å². The number of carbonyl (C=O) groups excluding carboxylic acids is 1. The average molecular weight is 287 g/mol. The molecule has 0 aliphatic carbocycles. The average Bonchev–Trinajstić information content (AvgIpc) is 2.52. The highest BCUT2D eigenvalue weighted by molar-refractivity contribution is 9.10. The monoisotopic (exact) mass is 286 g/mol. The third kappa shape index (κ3) is 2.24. The van der Waals surface area contributed by atoms with Crippen LogP contribution in [-0.2, 0) is 9.53 Å². The Morgan fingerprint density at radius 2 is 2.25 bits per heavy atom. The number of hydrogen-bond donors (Lipinski definition) is 0. The van der Waals surface area contributed by atoms with Gasteiger partial charge in [0.05, 0.1) is 0 Å². The van der Waals surface area contributed by atoms with E-state index in [0.29, 0.717) is 10.0 Å². The number of esters is 1. The largest absolute Gasteiger partial charge is 0.448 e. The molecule has 1 aromatic carbocycles. The minimum atomic E-state index is -0.851. The van der Waals surface area contributed by atoms with Crippen molar-refractivity contribution in [2.45, 2.75) is 13.2 Å². The first-order chi connectivity index (χ1) is 7.56. The molecule has 0 saturated heterocycles. The van der Waals surface area contributed by atoms with Crippen molar-refractivity contribution in [1.82, 2.24) is 0 Å². The molecule has 2 rings (SSSR count). The van der Waals surface area contributed by atoms with Gasteiger partial charge in [-0.15, -0.1) is 0 Å². The van der Waals surface area contributed by atoms with Crippen molar-refractivity contribution < 1.29 is 18.7 Å². The van der Waals surface area contributed by atoms with Crippen LogP contribution in [0.2, 0.25) is 0 Å². The molecule has 5 heteroatoms. The summed E-state index contributed by atoms with van der Waals surface area (Å²) in [5.74, 6) is -0.907. The number of carbonyl (C=O) groups is 1. The normalized spacial score (nSPS) is 19.3. The summed E-state index contributed by atoms with van der Waals surface area (Å²) in [5, 5.41) is 0. The summed E-state index contributed by atoms with van der Waals surface area (Å²) in [7, 11) is 0. The van der Waals surface area contributed by atoms with Crippen LogP contribution in [0, 0.1) is 5.82 Å². The Morgan fingerprint density at radius 1 is 1.50 bits per heavy atom. The molecule has 0 bridgehead atoms. The van der Waals surface area contributed by atoms with E-state index < -0.39 is 18.1 Å². The summed E-state index contributed by atoms with van der Waals surface area (Å²) in [6, 6.07) is 4.31. The second-order valence-corrected chi connectivity index (χ2v) is 4.23. The van der Waals surface area contributed by atoms with E-state index in [1.165, 1.54) is 18.2 Å². The van der Waals surface area contributed by atoms with Gasteiger partial charge in [-0.2, -0.15) is 0 Å². The molecule has 1 heterocycles. The number of ether oxygens (including phenoxy) is 2. The van der Waals surface area contributed by atoms with E-state index in [1.54, 1.807) is 13.0 Å². The van der Waals surface area contributed by atoms with E-state index in [-0.39, 0.29) is 5.75 Å². The Kier molecular flexibility index (Phi) is 2.96. The zero-order valence-electron chi connectivity index (χ0n) is 8.37. The van der Waals surface area contributed by atoms with E-state index in [0.717, 1.165) is 0 Å². The van der Waals surface area contributed by atoms with Crippen LogP contribution in [0.15, 0.2) is 34.3 Å². The molecule has 1 aromatic rings. The number of hydrogen-bond acceptors (Lipinski definition) is 3. The Morgan fingerprint density at radius 3 is 2.88 bits per heavy atom. The molecule has 0 spiro atoms. The maximum absolute atomic E-state index is 13.3. The Bertz CT molecular complexity index is 470. The fraction of sp³-hybridized carbons (Fsp3) is 0.182. The van der Waals surface area contributed by atoms with E-state index >= 15 is 0 Å². The molecular weight excluding hydrogens is 279 g/mol. The smallest absolute Gasteiger partial charge is 0.336 e. The predicted octanol–water partition coefficient (Wildman–Crippen LogP) is 2.80. The van der Waals surface area contributed by atoms with Gasteiger partial charge in [0.15, 0.2) is 11.6 Å². The highest BCUT2D eigenvalue weighted by Crippen LogP contribution is 2.25. The lowest BCUT2D eigenvalue weighted by atomic mass is 10.3. The summed E-state index contributed by atoms with van der Waals surface area (Å²) in [6.45, 7) is 1.61. The first-order valence-electron chi connectivity index (χ1n) is 4.57. The number of rotatable bonds is 2. The first kappa shape index (κ1) is 11.1. The molecule has 0 amide bonds. The Labute approximate surface area is 100.0 Å². The van der Waals surface area contributed by atoms with Gasteiger partial charge in [0.25, 0.3) is 6.29 Å². The molecule has 16 heavy (non-hydrogen) atoms. The van der Waals surface area contributed by atoms with Crippen molar-refractivity contribution in [2.75, 3.05) is 0 Å². The van der Waals surface area contributed by atoms with Gasteiger partial charge in [0, 0.05) is 16.1 Å². The highest BCUT2D eigenvalue weighted by atomic mass is 79.9. The van der Waals surface area contributed by atoms with Crippen molar-refractivity contribution in [3.05, 3.63) is 40.1 Å². The van der Waals surface area contributed by atoms with Crippen molar-refractivity contribution in [3.8, 4) is 5.75 Å². The van der Waals surface area contributed by atoms with Gasteiger partial charge in [0.2, 0.25) is 0 Å². The molecule has 3 nitrogen and oxygen atoms in total. The fourth-order valence-electron chi connectivity index (χ4n) is 1.26. The molecule has 0 N–H and O–H groups in total. The molecule has 1 aliphatic rings. The minimum Gasteiger partial charge on any atom is -0.448 e. The van der Waals surface area contributed by atoms with E-state index in [9.17, 15) is 9.18 Å². The van der Waals surface area contributed by atoms with Gasteiger partial charge < -0.3 is 9.47 Å². The molecule has 1 unspecified atom stereocenters. The highest BCUT2D eigenvalue weighted by Gasteiger charge is 2.24. The van der Waals surface area contributed by atoms with E-state index in [4.69, 9.17) is 9.47 Å². The second-order valence-electron chi connectivity index (χ2n) is 3.32. The van der Waals surface area contributed by atoms with Crippen molar-refractivity contribution in [1.29, 1.82) is 0 Å². The van der Waals surface area contributed by atoms with Gasteiger partial charge in [0.1, 0.15) is 0 Å². The molecule has 1 aliphatic heterocycles. The van der Waals surface area contributed by atoms with Gasteiger partial charge in [-0.1, -0.05) is 15.9 Å². The molecule has 0 aromatic heterocycles. The standard InChI is InChI=1S/C11H8BrFO3/c1-6-4-10(16-11(6)14)15-9-5-7(12)2-3-8(9)13/h2-5,10H,1H3. The summed E-state index contributed by atoms with van der Waals surface area (Å²) in [6.07, 6.45) is 0.652. The van der Waals surface area contributed by atoms with Crippen LogP contribution in [0.3, 0.4) is 0 Å². The van der Waals surface area contributed by atoms with Crippen molar-refractivity contribution in [3.63, 3.8) is 0 Å². The van der Waals surface area contributed by atoms with Crippen LogP contribution in [0.4, 0.5) is 4.39 Å². The second kappa shape index (κ2) is 4.25. The lowest BCUT2D eigenvalue weighted by Gasteiger charge is -2.12. The molecule has 0 fully saturated rings. The number of benzene rings is 1. The molecule has 0 saturated carbocycles. The van der Waals surface area contributed by atoms with Crippen LogP contribution in [-0.4, -0.2) is 12.3 Å². The molecule has 84 valence electrons. The topological polar surface area (TPSA) is 35.5 Å². The first-order valence-corrected chi connectivity index (χ1v) is 5.36. The lowest BCUT2D eigenvalue weighted by Crippen LogP contribution is -2.16. The fourth-order valence-corrected chi connectivity index (χ4v) is 1.60. The third-order valence-electron chi connectivity index (χ3n) is 2.07. The van der Waals surface area contributed by atoms with Crippen LogP contribution >= 0.6 is 15.9 Å². The van der Waals surface area contributed by atoms with Crippen molar-refractivity contribution in [2.24, 2.45) is 0 Å². The lowest BCUT2D eigenvalue weighted by molar-refractivity contribution is -0.148. The van der Waals surface area contributed by atoms with E-state index in [2.05, 4.69) is 15.9 Å². The zero-order chi connectivity index (χ0) is 11.7. The SMILES string of the molecule is CC1=CC(Oc2cc(Br)ccc2F)OC1=O. The van der Waals surface area contributed by atoms with Crippen LogP contribution in [0.5, 0.6) is 5.75 Å². The molecule has 1 atom stereocenters. The minimum absolute atomic E-state index is 0.0399. The van der Waals surface area contributed by atoms with Gasteiger partial charge in [-0.05, 0) is 25.1 Å². The summed E-state index contributed by atoms with van der Waals surface area (Å²) < 4.78 is 24.0. The number of halogens is 2. The Hall–Kier alpha value is -1.36. The van der Waals surface area contributed by atoms with Gasteiger partial charge in [-0.25, -0.2) is 9.18 Å². The third-order valence-corrected chi connectivity index (χ3v) is 2.56. The van der Waals surface area contributed by atoms with E-state index in [1.807, 2.05) is 0 Å². The zero-order valence-corrected chi connectivity index (χ0v) is 9.95. The Balaban J connectivity index is 2.16. The maximum atomic E-state index is 13.3. The van der Waals surface area contributed by atoms with Crippen LogP contribution in [0.25, 0.3) is 0 Å². The maximum Gasteiger partial charge on any atom is 0.336 e. The summed E-state index contributed by atoms with van der Waals surface area (Å²) in [5.41, 5.74) is 0.459. The quantitative estimate of drug-likeness (QED) is 0.785. The molecular formula is C11H8BrFO3.